The Morgan fingerprint density at radius 3 is 2.71 bits per heavy atom. The molecule has 0 spiro atoms. The zero-order chi connectivity index (χ0) is 12.4. The van der Waals surface area contributed by atoms with Gasteiger partial charge in [-0.05, 0) is 49.3 Å². The van der Waals surface area contributed by atoms with E-state index < -0.39 is 0 Å². The average Bonchev–Trinajstić information content (AvgIpc) is 2.33. The van der Waals surface area contributed by atoms with Crippen LogP contribution in [0.15, 0.2) is 12.1 Å². The van der Waals surface area contributed by atoms with E-state index in [1.807, 2.05) is 26.0 Å². The summed E-state index contributed by atoms with van der Waals surface area (Å²) in [5.74, 6) is 0.600. The van der Waals surface area contributed by atoms with Gasteiger partial charge in [-0.15, -0.1) is 0 Å². The quantitative estimate of drug-likeness (QED) is 0.759. The molecule has 1 aromatic carbocycles. The Morgan fingerprint density at radius 2 is 2.06 bits per heavy atom. The molecular formula is C15H21FO. The van der Waals surface area contributed by atoms with Crippen LogP contribution < -0.4 is 0 Å². The molecule has 0 aliphatic carbocycles. The minimum absolute atomic E-state index is 0.0489. The SMILES string of the molecule is Cc1ccc(CC2CCC(C)CO2)c(F)c1C. The second kappa shape index (κ2) is 5.18. The topological polar surface area (TPSA) is 9.23 Å². The molecule has 2 atom stereocenters. The van der Waals surface area contributed by atoms with Crippen molar-refractivity contribution in [2.24, 2.45) is 5.92 Å². The van der Waals surface area contributed by atoms with Crippen LogP contribution in [0, 0.1) is 25.6 Å². The highest BCUT2D eigenvalue weighted by Crippen LogP contribution is 2.24. The number of hydrogen-bond acceptors (Lipinski definition) is 1. The van der Waals surface area contributed by atoms with Gasteiger partial charge in [-0.3, -0.25) is 0 Å². The Morgan fingerprint density at radius 1 is 1.29 bits per heavy atom. The maximum atomic E-state index is 14.0. The molecule has 2 heteroatoms. The van der Waals surface area contributed by atoms with Gasteiger partial charge in [0.05, 0.1) is 6.10 Å². The molecule has 0 saturated carbocycles. The van der Waals surface area contributed by atoms with Crippen molar-refractivity contribution in [2.75, 3.05) is 6.61 Å². The Balaban J connectivity index is 2.06. The van der Waals surface area contributed by atoms with Crippen LogP contribution in [0.25, 0.3) is 0 Å². The van der Waals surface area contributed by atoms with Gasteiger partial charge in [0, 0.05) is 13.0 Å². The molecule has 1 aromatic rings. The largest absolute Gasteiger partial charge is 0.378 e. The first-order valence-electron chi connectivity index (χ1n) is 6.44. The lowest BCUT2D eigenvalue weighted by Crippen LogP contribution is -2.26. The highest BCUT2D eigenvalue weighted by molar-refractivity contribution is 5.32. The molecule has 2 rings (SSSR count). The number of rotatable bonds is 2. The zero-order valence-corrected chi connectivity index (χ0v) is 10.9. The molecule has 2 unspecified atom stereocenters. The van der Waals surface area contributed by atoms with Crippen molar-refractivity contribution in [3.63, 3.8) is 0 Å². The van der Waals surface area contributed by atoms with E-state index in [0.717, 1.165) is 29.7 Å². The molecule has 1 aliphatic rings. The third-order valence-electron chi connectivity index (χ3n) is 3.78. The Bertz CT molecular complexity index is 392. The normalized spacial score (nSPS) is 24.9. The van der Waals surface area contributed by atoms with Gasteiger partial charge in [-0.1, -0.05) is 19.1 Å². The molecule has 1 nitrogen and oxygen atoms in total. The van der Waals surface area contributed by atoms with E-state index >= 15 is 0 Å². The van der Waals surface area contributed by atoms with E-state index in [2.05, 4.69) is 6.92 Å². The van der Waals surface area contributed by atoms with Crippen molar-refractivity contribution in [3.8, 4) is 0 Å². The van der Waals surface area contributed by atoms with Crippen LogP contribution in [-0.2, 0) is 11.2 Å². The van der Waals surface area contributed by atoms with E-state index in [-0.39, 0.29) is 11.9 Å². The predicted octanol–water partition coefficient (Wildman–Crippen LogP) is 3.80. The monoisotopic (exact) mass is 236 g/mol. The van der Waals surface area contributed by atoms with Crippen LogP contribution in [0.3, 0.4) is 0 Å². The van der Waals surface area contributed by atoms with Gasteiger partial charge in [0.25, 0.3) is 0 Å². The summed E-state index contributed by atoms with van der Waals surface area (Å²) in [6.45, 7) is 6.81. The van der Waals surface area contributed by atoms with Gasteiger partial charge in [0.1, 0.15) is 5.82 Å². The summed E-state index contributed by atoms with van der Waals surface area (Å²) >= 11 is 0. The Labute approximate surface area is 103 Å². The molecule has 0 aromatic heterocycles. The van der Waals surface area contributed by atoms with Crippen molar-refractivity contribution in [2.45, 2.75) is 46.1 Å². The highest BCUT2D eigenvalue weighted by atomic mass is 19.1. The van der Waals surface area contributed by atoms with Gasteiger partial charge in [-0.2, -0.15) is 0 Å². The summed E-state index contributed by atoms with van der Waals surface area (Å²) in [5.41, 5.74) is 2.59. The summed E-state index contributed by atoms with van der Waals surface area (Å²) in [4.78, 5) is 0. The lowest BCUT2D eigenvalue weighted by atomic mass is 9.94. The van der Waals surface area contributed by atoms with Crippen molar-refractivity contribution < 1.29 is 9.13 Å². The third-order valence-corrected chi connectivity index (χ3v) is 3.78. The summed E-state index contributed by atoms with van der Waals surface area (Å²) in [6, 6.07) is 3.90. The first kappa shape index (κ1) is 12.6. The number of halogens is 1. The van der Waals surface area contributed by atoms with Crippen LogP contribution in [-0.4, -0.2) is 12.7 Å². The molecule has 0 amide bonds. The zero-order valence-electron chi connectivity index (χ0n) is 10.9. The molecule has 1 aliphatic heterocycles. The summed E-state index contributed by atoms with van der Waals surface area (Å²) in [7, 11) is 0. The second-order valence-electron chi connectivity index (χ2n) is 5.32. The van der Waals surface area contributed by atoms with Crippen LogP contribution in [0.2, 0.25) is 0 Å². The van der Waals surface area contributed by atoms with Crippen molar-refractivity contribution in [1.29, 1.82) is 0 Å². The van der Waals surface area contributed by atoms with Gasteiger partial charge in [-0.25, -0.2) is 4.39 Å². The smallest absolute Gasteiger partial charge is 0.129 e. The fraction of sp³-hybridized carbons (Fsp3) is 0.600. The fourth-order valence-electron chi connectivity index (χ4n) is 2.34. The van der Waals surface area contributed by atoms with E-state index in [1.54, 1.807) is 0 Å². The predicted molar refractivity (Wildman–Crippen MR) is 67.7 cm³/mol. The van der Waals surface area contributed by atoms with Crippen LogP contribution in [0.1, 0.15) is 36.5 Å². The summed E-state index contributed by atoms with van der Waals surface area (Å²) in [5, 5.41) is 0. The number of benzene rings is 1. The Hall–Kier alpha value is -0.890. The van der Waals surface area contributed by atoms with Crippen molar-refractivity contribution >= 4 is 0 Å². The number of hydrogen-bond donors (Lipinski definition) is 0. The average molecular weight is 236 g/mol. The lowest BCUT2D eigenvalue weighted by Gasteiger charge is -2.27. The van der Waals surface area contributed by atoms with Crippen molar-refractivity contribution in [1.82, 2.24) is 0 Å². The highest BCUT2D eigenvalue weighted by Gasteiger charge is 2.20. The van der Waals surface area contributed by atoms with Crippen LogP contribution in [0.4, 0.5) is 4.39 Å². The maximum Gasteiger partial charge on any atom is 0.129 e. The van der Waals surface area contributed by atoms with Gasteiger partial charge in [0.15, 0.2) is 0 Å². The van der Waals surface area contributed by atoms with E-state index in [0.29, 0.717) is 12.3 Å². The lowest BCUT2D eigenvalue weighted by molar-refractivity contribution is -0.0105. The van der Waals surface area contributed by atoms with Crippen LogP contribution in [0.5, 0.6) is 0 Å². The van der Waals surface area contributed by atoms with E-state index in [4.69, 9.17) is 4.74 Å². The molecule has 1 fully saturated rings. The molecule has 1 saturated heterocycles. The van der Waals surface area contributed by atoms with Gasteiger partial charge >= 0.3 is 0 Å². The molecule has 94 valence electrons. The second-order valence-corrected chi connectivity index (χ2v) is 5.32. The first-order chi connectivity index (χ1) is 8.08. The fourth-order valence-corrected chi connectivity index (χ4v) is 2.34. The minimum atomic E-state index is -0.0489. The number of ether oxygens (including phenoxy) is 1. The maximum absolute atomic E-state index is 14.0. The molecular weight excluding hydrogens is 215 g/mol. The van der Waals surface area contributed by atoms with E-state index in [9.17, 15) is 4.39 Å². The van der Waals surface area contributed by atoms with Crippen LogP contribution >= 0.6 is 0 Å². The summed E-state index contributed by atoms with van der Waals surface area (Å²) < 4.78 is 19.8. The molecule has 1 heterocycles. The third kappa shape index (κ3) is 2.86. The Kier molecular flexibility index (Phi) is 3.82. The number of aryl methyl sites for hydroxylation is 1. The first-order valence-corrected chi connectivity index (χ1v) is 6.44. The summed E-state index contributed by atoms with van der Waals surface area (Å²) in [6.07, 6.45) is 3.15. The van der Waals surface area contributed by atoms with Gasteiger partial charge in [0.2, 0.25) is 0 Å². The van der Waals surface area contributed by atoms with E-state index in [1.165, 1.54) is 6.42 Å². The standard InChI is InChI=1S/C15H21FO/c1-10-4-7-14(17-9-10)8-13-6-5-11(2)12(3)15(13)16/h5-6,10,14H,4,7-9H2,1-3H3. The minimum Gasteiger partial charge on any atom is -0.378 e. The van der Waals surface area contributed by atoms with Gasteiger partial charge < -0.3 is 4.74 Å². The molecule has 0 bridgehead atoms. The molecule has 17 heavy (non-hydrogen) atoms. The molecule has 0 radical (unpaired) electrons. The molecule has 0 N–H and O–H groups in total. The van der Waals surface area contributed by atoms with Crippen molar-refractivity contribution in [3.05, 3.63) is 34.6 Å².